The van der Waals surface area contributed by atoms with Gasteiger partial charge in [0.05, 0.1) is 0 Å². The van der Waals surface area contributed by atoms with Crippen LogP contribution in [0.15, 0.2) is 0 Å². The highest BCUT2D eigenvalue weighted by molar-refractivity contribution is 6.22. The van der Waals surface area contributed by atoms with Crippen LogP contribution in [0.3, 0.4) is 0 Å². The van der Waals surface area contributed by atoms with Crippen molar-refractivity contribution in [2.45, 2.75) is 17.2 Å². The second-order valence-electron chi connectivity index (χ2n) is 1.95. The van der Waals surface area contributed by atoms with Gasteiger partial charge >= 0.3 is 23.2 Å². The van der Waals surface area contributed by atoms with E-state index in [1.54, 1.807) is 0 Å². The van der Waals surface area contributed by atoms with E-state index >= 15 is 0 Å². The van der Waals surface area contributed by atoms with Gasteiger partial charge in [0.15, 0.2) is 0 Å². The largest absolute Gasteiger partial charge is 0.477 e. The molecule has 0 aliphatic heterocycles. The van der Waals surface area contributed by atoms with Crippen LogP contribution in [0.4, 0.5) is 26.3 Å². The molecule has 0 atom stereocenters. The number of alkyl halides is 7. The number of hydrogen-bond donors (Lipinski definition) is 1. The highest BCUT2D eigenvalue weighted by atomic mass is 35.5. The Balaban J connectivity index is 5.16. The Kier molecular flexibility index (Phi) is 2.78. The summed E-state index contributed by atoms with van der Waals surface area (Å²) in [5.74, 6) is -15.4. The summed E-state index contributed by atoms with van der Waals surface area (Å²) in [5.41, 5.74) is 0. The number of halogens is 7. The van der Waals surface area contributed by atoms with Crippen LogP contribution in [0.5, 0.6) is 0 Å². The Labute approximate surface area is 72.1 Å². The van der Waals surface area contributed by atoms with Gasteiger partial charge in [0.2, 0.25) is 0 Å². The quantitative estimate of drug-likeness (QED) is 0.596. The van der Waals surface area contributed by atoms with E-state index in [2.05, 4.69) is 11.6 Å². The van der Waals surface area contributed by atoms with Crippen molar-refractivity contribution in [1.82, 2.24) is 0 Å². The van der Waals surface area contributed by atoms with Gasteiger partial charge < -0.3 is 5.11 Å². The Morgan fingerprint density at radius 1 is 1.08 bits per heavy atom. The fourth-order valence-electron chi connectivity index (χ4n) is 0.312. The molecular formula is C4HClF6O2. The molecule has 0 spiro atoms. The van der Waals surface area contributed by atoms with Crippen LogP contribution in [0, 0.1) is 0 Å². The van der Waals surface area contributed by atoms with Crippen molar-refractivity contribution < 1.29 is 36.2 Å². The van der Waals surface area contributed by atoms with Crippen molar-refractivity contribution in [3.63, 3.8) is 0 Å². The summed E-state index contributed by atoms with van der Waals surface area (Å²) in [6.07, 6.45) is 0. The molecule has 2 nitrogen and oxygen atoms in total. The van der Waals surface area contributed by atoms with Gasteiger partial charge in [-0.05, 0) is 11.6 Å². The van der Waals surface area contributed by atoms with Gasteiger partial charge in [-0.3, -0.25) is 0 Å². The SMILES string of the molecule is O=C(O)C(F)(F)C(F)(F)C(F)(F)Cl. The van der Waals surface area contributed by atoms with Crippen molar-refractivity contribution in [2.75, 3.05) is 0 Å². The third-order valence-corrected chi connectivity index (χ3v) is 1.26. The monoisotopic (exact) mass is 230 g/mol. The maximum atomic E-state index is 11.9. The second kappa shape index (κ2) is 2.93. The van der Waals surface area contributed by atoms with E-state index < -0.39 is 23.2 Å². The van der Waals surface area contributed by atoms with Gasteiger partial charge in [0, 0.05) is 0 Å². The fraction of sp³-hybridized carbons (Fsp3) is 0.750. The van der Waals surface area contributed by atoms with E-state index in [0.717, 1.165) is 0 Å². The minimum atomic E-state index is -6.15. The minimum Gasteiger partial charge on any atom is -0.477 e. The lowest BCUT2D eigenvalue weighted by atomic mass is 10.2. The van der Waals surface area contributed by atoms with Crippen LogP contribution in [0.1, 0.15) is 0 Å². The van der Waals surface area contributed by atoms with Crippen LogP contribution in [0.25, 0.3) is 0 Å². The first kappa shape index (κ1) is 12.3. The number of rotatable bonds is 3. The molecular weight excluding hydrogens is 229 g/mol. The topological polar surface area (TPSA) is 37.3 Å². The van der Waals surface area contributed by atoms with Crippen LogP contribution < -0.4 is 0 Å². The highest BCUT2D eigenvalue weighted by Gasteiger charge is 2.75. The fourth-order valence-corrected chi connectivity index (χ4v) is 0.431. The van der Waals surface area contributed by atoms with Crippen molar-refractivity contribution in [1.29, 1.82) is 0 Å². The highest BCUT2D eigenvalue weighted by Crippen LogP contribution is 2.47. The predicted octanol–water partition coefficient (Wildman–Crippen LogP) is 2.17. The number of hydrogen-bond acceptors (Lipinski definition) is 1. The van der Waals surface area contributed by atoms with E-state index in [4.69, 9.17) is 5.11 Å². The molecule has 0 rings (SSSR count). The maximum Gasteiger partial charge on any atom is 0.411 e. The van der Waals surface area contributed by atoms with E-state index in [1.807, 2.05) is 0 Å². The normalized spacial score (nSPS) is 14.4. The van der Waals surface area contributed by atoms with Crippen molar-refractivity contribution >= 4 is 17.6 Å². The summed E-state index contributed by atoms with van der Waals surface area (Å²) in [6, 6.07) is 0. The zero-order valence-corrected chi connectivity index (χ0v) is 6.26. The molecule has 13 heavy (non-hydrogen) atoms. The van der Waals surface area contributed by atoms with E-state index in [1.165, 1.54) is 0 Å². The Morgan fingerprint density at radius 2 is 1.38 bits per heavy atom. The van der Waals surface area contributed by atoms with Gasteiger partial charge in [0.1, 0.15) is 0 Å². The van der Waals surface area contributed by atoms with Gasteiger partial charge in [-0.2, -0.15) is 26.3 Å². The summed E-state index contributed by atoms with van der Waals surface area (Å²) < 4.78 is 71.0. The summed E-state index contributed by atoms with van der Waals surface area (Å²) in [6.45, 7) is 0. The molecule has 78 valence electrons. The standard InChI is InChI=1S/C4HClF6O2/c5-4(10,11)3(8,9)2(6,7)1(12)13/h(H,12,13). The second-order valence-corrected chi connectivity index (χ2v) is 2.43. The Bertz CT molecular complexity index is 221. The average Bonchev–Trinajstić information content (AvgIpc) is 1.84. The lowest BCUT2D eigenvalue weighted by Gasteiger charge is -2.25. The summed E-state index contributed by atoms with van der Waals surface area (Å²) in [7, 11) is 0. The first-order valence-electron chi connectivity index (χ1n) is 2.50. The number of carboxylic acid groups (broad SMARTS) is 1. The molecule has 0 aromatic rings. The smallest absolute Gasteiger partial charge is 0.411 e. The first-order valence-corrected chi connectivity index (χ1v) is 2.88. The van der Waals surface area contributed by atoms with Crippen molar-refractivity contribution in [2.24, 2.45) is 0 Å². The molecule has 0 aliphatic rings. The van der Waals surface area contributed by atoms with Crippen LogP contribution in [-0.4, -0.2) is 28.3 Å². The minimum absolute atomic E-state index is 3.38. The Hall–Kier alpha value is -0.660. The maximum absolute atomic E-state index is 11.9. The molecule has 0 saturated heterocycles. The zero-order valence-electron chi connectivity index (χ0n) is 5.50. The number of aliphatic carboxylic acids is 1. The third-order valence-electron chi connectivity index (χ3n) is 1.02. The van der Waals surface area contributed by atoms with Crippen LogP contribution in [-0.2, 0) is 4.79 Å². The van der Waals surface area contributed by atoms with Crippen LogP contribution in [0.2, 0.25) is 0 Å². The number of carbonyl (C=O) groups is 1. The molecule has 1 N–H and O–H groups in total. The molecule has 0 aromatic carbocycles. The molecule has 0 unspecified atom stereocenters. The Morgan fingerprint density at radius 3 is 1.46 bits per heavy atom. The van der Waals surface area contributed by atoms with Gasteiger partial charge in [0.25, 0.3) is 0 Å². The van der Waals surface area contributed by atoms with Crippen molar-refractivity contribution in [3.8, 4) is 0 Å². The van der Waals surface area contributed by atoms with E-state index in [-0.39, 0.29) is 0 Å². The zero-order chi connectivity index (χ0) is 11.1. The lowest BCUT2D eigenvalue weighted by Crippen LogP contribution is -2.55. The molecule has 0 aliphatic carbocycles. The third kappa shape index (κ3) is 1.82. The van der Waals surface area contributed by atoms with Crippen LogP contribution >= 0.6 is 11.6 Å². The molecule has 0 aromatic heterocycles. The molecule has 0 bridgehead atoms. The van der Waals surface area contributed by atoms with Gasteiger partial charge in [-0.25, -0.2) is 4.79 Å². The molecule has 9 heteroatoms. The van der Waals surface area contributed by atoms with E-state index in [9.17, 15) is 31.1 Å². The molecule has 0 amide bonds. The number of carboxylic acids is 1. The van der Waals surface area contributed by atoms with E-state index in [0.29, 0.717) is 0 Å². The summed E-state index contributed by atoms with van der Waals surface area (Å²) >= 11 is 3.63. The molecule has 0 saturated carbocycles. The summed E-state index contributed by atoms with van der Waals surface area (Å²) in [5, 5.41) is 1.89. The first-order chi connectivity index (χ1) is 5.44. The van der Waals surface area contributed by atoms with Gasteiger partial charge in [-0.1, -0.05) is 0 Å². The molecule has 0 radical (unpaired) electrons. The molecule has 0 fully saturated rings. The van der Waals surface area contributed by atoms with Gasteiger partial charge in [-0.15, -0.1) is 0 Å². The average molecular weight is 230 g/mol. The summed E-state index contributed by atoms with van der Waals surface area (Å²) in [4.78, 5) is 9.49. The lowest BCUT2D eigenvalue weighted by molar-refractivity contribution is -0.276. The predicted molar refractivity (Wildman–Crippen MR) is 28.3 cm³/mol. The molecule has 0 heterocycles. The van der Waals surface area contributed by atoms with Crippen molar-refractivity contribution in [3.05, 3.63) is 0 Å².